The first-order valence-electron chi connectivity index (χ1n) is 7.22. The molecule has 0 bridgehead atoms. The van der Waals surface area contributed by atoms with Crippen LogP contribution in [0.5, 0.6) is 0 Å². The van der Waals surface area contributed by atoms with Crippen LogP contribution in [0.4, 0.5) is 0 Å². The fraction of sp³-hybridized carbons (Fsp3) is 0.714. The number of sulfone groups is 1. The van der Waals surface area contributed by atoms with Gasteiger partial charge in [0, 0.05) is 6.54 Å². The Hall–Kier alpha value is -0.850. The van der Waals surface area contributed by atoms with Crippen molar-refractivity contribution in [1.29, 1.82) is 0 Å². The van der Waals surface area contributed by atoms with Crippen LogP contribution < -0.4 is 5.32 Å². The number of hydrogen-bond acceptors (Lipinski definition) is 5. The van der Waals surface area contributed by atoms with Gasteiger partial charge in [0.25, 0.3) is 0 Å². The van der Waals surface area contributed by atoms with Crippen LogP contribution in [0.15, 0.2) is 10.5 Å². The van der Waals surface area contributed by atoms with Crippen molar-refractivity contribution in [2.24, 2.45) is 0 Å². The maximum absolute atomic E-state index is 11.6. The van der Waals surface area contributed by atoms with E-state index in [1.807, 2.05) is 6.92 Å². The molecule has 1 aromatic heterocycles. The van der Waals surface area contributed by atoms with E-state index in [9.17, 15) is 8.42 Å². The Morgan fingerprint density at radius 2 is 2.15 bits per heavy atom. The van der Waals surface area contributed by atoms with Crippen LogP contribution in [0.3, 0.4) is 0 Å². The molecule has 0 saturated carbocycles. The van der Waals surface area contributed by atoms with E-state index in [2.05, 4.69) is 23.2 Å². The van der Waals surface area contributed by atoms with Gasteiger partial charge >= 0.3 is 0 Å². The van der Waals surface area contributed by atoms with Crippen molar-refractivity contribution in [2.75, 3.05) is 31.1 Å². The van der Waals surface area contributed by atoms with Crippen molar-refractivity contribution >= 4 is 9.84 Å². The number of rotatable bonds is 5. The standard InChI is InChI=1S/C14H24N2O3S/c1-3-15-10-14-12(2)9-13(19-14)11-16-5-4-7-20(17,18)8-6-16/h9,15H,3-8,10-11H2,1-2H3. The quantitative estimate of drug-likeness (QED) is 0.888. The Labute approximate surface area is 121 Å². The van der Waals surface area contributed by atoms with Crippen LogP contribution in [0.25, 0.3) is 0 Å². The minimum Gasteiger partial charge on any atom is -0.463 e. The average Bonchev–Trinajstić information content (AvgIpc) is 2.63. The maximum Gasteiger partial charge on any atom is 0.151 e. The smallest absolute Gasteiger partial charge is 0.151 e. The summed E-state index contributed by atoms with van der Waals surface area (Å²) in [4.78, 5) is 2.17. The van der Waals surface area contributed by atoms with E-state index >= 15 is 0 Å². The molecule has 0 aromatic carbocycles. The van der Waals surface area contributed by atoms with E-state index in [-0.39, 0.29) is 5.75 Å². The Bertz CT molecular complexity index is 537. The molecule has 0 amide bonds. The third kappa shape index (κ3) is 4.33. The largest absolute Gasteiger partial charge is 0.463 e. The Kier molecular flexibility index (Phi) is 5.23. The van der Waals surface area contributed by atoms with Crippen LogP contribution >= 0.6 is 0 Å². The molecule has 1 aromatic rings. The number of aryl methyl sites for hydroxylation is 1. The number of hydrogen-bond donors (Lipinski definition) is 1. The van der Waals surface area contributed by atoms with Crippen molar-refractivity contribution in [2.45, 2.75) is 33.4 Å². The zero-order valence-corrected chi connectivity index (χ0v) is 13.1. The summed E-state index contributed by atoms with van der Waals surface area (Å²) in [6.45, 7) is 7.90. The fourth-order valence-electron chi connectivity index (χ4n) is 2.45. The van der Waals surface area contributed by atoms with Crippen molar-refractivity contribution in [3.05, 3.63) is 23.2 Å². The van der Waals surface area contributed by atoms with Gasteiger partial charge in [0.1, 0.15) is 11.5 Å². The number of furan rings is 1. The van der Waals surface area contributed by atoms with Gasteiger partial charge in [-0.2, -0.15) is 0 Å². The van der Waals surface area contributed by atoms with E-state index in [0.29, 0.717) is 25.3 Å². The summed E-state index contributed by atoms with van der Waals surface area (Å²) in [5.41, 5.74) is 1.16. The molecule has 20 heavy (non-hydrogen) atoms. The van der Waals surface area contributed by atoms with Gasteiger partial charge in [-0.15, -0.1) is 0 Å². The molecule has 1 aliphatic heterocycles. The molecule has 5 nitrogen and oxygen atoms in total. The lowest BCUT2D eigenvalue weighted by Crippen LogP contribution is -2.26. The SMILES string of the molecule is CCNCc1oc(CN2CCCS(=O)(=O)CC2)cc1C. The normalized spacial score (nSPS) is 19.9. The lowest BCUT2D eigenvalue weighted by molar-refractivity contribution is 0.258. The zero-order chi connectivity index (χ0) is 14.6. The van der Waals surface area contributed by atoms with Gasteiger partial charge < -0.3 is 9.73 Å². The van der Waals surface area contributed by atoms with Gasteiger partial charge in [0.15, 0.2) is 9.84 Å². The molecule has 114 valence electrons. The highest BCUT2D eigenvalue weighted by atomic mass is 32.2. The van der Waals surface area contributed by atoms with Crippen molar-refractivity contribution in [3.63, 3.8) is 0 Å². The second-order valence-corrected chi connectivity index (χ2v) is 7.68. The summed E-state index contributed by atoms with van der Waals surface area (Å²) in [6, 6.07) is 2.06. The van der Waals surface area contributed by atoms with Crippen LogP contribution in [0.1, 0.15) is 30.4 Å². The van der Waals surface area contributed by atoms with E-state index in [0.717, 1.165) is 36.7 Å². The third-order valence-corrected chi connectivity index (χ3v) is 5.35. The average molecular weight is 300 g/mol. The number of nitrogens with zero attached hydrogens (tertiary/aromatic N) is 1. The monoisotopic (exact) mass is 300 g/mol. The zero-order valence-electron chi connectivity index (χ0n) is 12.3. The van der Waals surface area contributed by atoms with Gasteiger partial charge in [0.05, 0.1) is 24.6 Å². The highest BCUT2D eigenvalue weighted by Gasteiger charge is 2.20. The van der Waals surface area contributed by atoms with Crippen LogP contribution in [-0.4, -0.2) is 44.5 Å². The molecular formula is C14H24N2O3S. The first-order chi connectivity index (χ1) is 9.50. The van der Waals surface area contributed by atoms with Gasteiger partial charge in [0.2, 0.25) is 0 Å². The summed E-state index contributed by atoms with van der Waals surface area (Å²) in [5, 5.41) is 3.26. The lowest BCUT2D eigenvalue weighted by Gasteiger charge is -2.17. The maximum atomic E-state index is 11.6. The van der Waals surface area contributed by atoms with E-state index < -0.39 is 9.84 Å². The predicted molar refractivity (Wildman–Crippen MR) is 79.4 cm³/mol. The summed E-state index contributed by atoms with van der Waals surface area (Å²) in [7, 11) is -2.84. The summed E-state index contributed by atoms with van der Waals surface area (Å²) >= 11 is 0. The van der Waals surface area contributed by atoms with Crippen LogP contribution in [0, 0.1) is 6.92 Å². The molecule has 1 saturated heterocycles. The van der Waals surface area contributed by atoms with Gasteiger partial charge in [-0.05, 0) is 38.1 Å². The van der Waals surface area contributed by atoms with Crippen molar-refractivity contribution in [3.8, 4) is 0 Å². The number of nitrogens with one attached hydrogen (secondary N) is 1. The van der Waals surface area contributed by atoms with Gasteiger partial charge in [-0.1, -0.05) is 6.92 Å². The predicted octanol–water partition coefficient (Wildman–Crippen LogP) is 1.32. The van der Waals surface area contributed by atoms with E-state index in [1.165, 1.54) is 0 Å². The first-order valence-corrected chi connectivity index (χ1v) is 9.04. The first kappa shape index (κ1) is 15.5. The second kappa shape index (κ2) is 6.74. The highest BCUT2D eigenvalue weighted by molar-refractivity contribution is 7.91. The Morgan fingerprint density at radius 3 is 2.90 bits per heavy atom. The molecule has 1 N–H and O–H groups in total. The van der Waals surface area contributed by atoms with Crippen LogP contribution in [0.2, 0.25) is 0 Å². The molecule has 0 unspecified atom stereocenters. The molecule has 1 aliphatic rings. The molecule has 0 spiro atoms. The Morgan fingerprint density at radius 1 is 1.35 bits per heavy atom. The van der Waals surface area contributed by atoms with Crippen LogP contribution in [-0.2, 0) is 22.9 Å². The van der Waals surface area contributed by atoms with E-state index in [1.54, 1.807) is 0 Å². The molecular weight excluding hydrogens is 276 g/mol. The third-order valence-electron chi connectivity index (χ3n) is 3.63. The minimum absolute atomic E-state index is 0.261. The minimum atomic E-state index is -2.84. The second-order valence-electron chi connectivity index (χ2n) is 5.38. The van der Waals surface area contributed by atoms with Crippen molar-refractivity contribution in [1.82, 2.24) is 10.2 Å². The molecule has 0 aliphatic carbocycles. The fourth-order valence-corrected chi connectivity index (χ4v) is 3.76. The summed E-state index contributed by atoms with van der Waals surface area (Å²) < 4.78 is 29.0. The molecule has 2 heterocycles. The van der Waals surface area contributed by atoms with E-state index in [4.69, 9.17) is 4.42 Å². The molecule has 2 rings (SSSR count). The lowest BCUT2D eigenvalue weighted by atomic mass is 10.2. The molecule has 1 fully saturated rings. The summed E-state index contributed by atoms with van der Waals surface area (Å²) in [5.74, 6) is 2.47. The molecule has 0 atom stereocenters. The van der Waals surface area contributed by atoms with Gasteiger partial charge in [-0.25, -0.2) is 8.42 Å². The molecule has 0 radical (unpaired) electrons. The van der Waals surface area contributed by atoms with Crippen molar-refractivity contribution < 1.29 is 12.8 Å². The topological polar surface area (TPSA) is 62.6 Å². The summed E-state index contributed by atoms with van der Waals surface area (Å²) in [6.07, 6.45) is 0.715. The Balaban J connectivity index is 1.96. The van der Waals surface area contributed by atoms with Gasteiger partial charge in [-0.3, -0.25) is 4.90 Å². The molecule has 6 heteroatoms. The highest BCUT2D eigenvalue weighted by Crippen LogP contribution is 2.17.